The molecule has 20 heavy (non-hydrogen) atoms. The second-order valence-electron chi connectivity index (χ2n) is 4.46. The molecule has 7 heteroatoms. The Hall–Kier alpha value is -2.57. The quantitative estimate of drug-likeness (QED) is 0.635. The van der Waals surface area contributed by atoms with Crippen LogP contribution in [0.1, 0.15) is 17.5 Å². The Morgan fingerprint density at radius 1 is 1.25 bits per heavy atom. The Labute approximate surface area is 116 Å². The Morgan fingerprint density at radius 2 is 1.90 bits per heavy atom. The molecule has 0 fully saturated rings. The molecule has 0 aliphatic heterocycles. The van der Waals surface area contributed by atoms with E-state index in [0.29, 0.717) is 5.69 Å². The van der Waals surface area contributed by atoms with Gasteiger partial charge in [0.2, 0.25) is 5.91 Å². The number of carbonyl (C=O) groups excluding carboxylic acids is 2. The second-order valence-corrected chi connectivity index (χ2v) is 4.46. The minimum absolute atomic E-state index is 0.463. The predicted molar refractivity (Wildman–Crippen MR) is 73.3 cm³/mol. The maximum Gasteiger partial charge on any atom is 0.326 e. The highest BCUT2D eigenvalue weighted by Crippen LogP contribution is 2.13. The Balaban J connectivity index is 2.67. The molecule has 0 saturated carbocycles. The number of nitrogens with one attached hydrogen (secondary N) is 2. The first-order valence-electron chi connectivity index (χ1n) is 5.95. The number of carboxylic acid groups (broad SMARTS) is 1. The molecule has 0 aromatic heterocycles. The molecule has 0 bridgehead atoms. The molecule has 0 aliphatic carbocycles. The standard InChI is InChI=1S/C13H17N3O4/c1-7-3-4-9(5-8(7)2)15-13(20)16-10(12(18)19)6-11(14)17/h3-5,10H,6H2,1-2H3,(H2,14,17)(H,18,19)(H2,15,16,20)/t10-/m0/s1. The highest BCUT2D eigenvalue weighted by Gasteiger charge is 2.22. The molecule has 0 heterocycles. The third kappa shape index (κ3) is 4.60. The van der Waals surface area contributed by atoms with Gasteiger partial charge in [0.05, 0.1) is 6.42 Å². The molecule has 0 aliphatic rings. The highest BCUT2D eigenvalue weighted by molar-refractivity contribution is 5.93. The molecule has 0 radical (unpaired) electrons. The van der Waals surface area contributed by atoms with Gasteiger partial charge in [0, 0.05) is 5.69 Å². The molecule has 108 valence electrons. The molecule has 7 nitrogen and oxygen atoms in total. The van der Waals surface area contributed by atoms with E-state index in [1.54, 1.807) is 12.1 Å². The summed E-state index contributed by atoms with van der Waals surface area (Å²) >= 11 is 0. The summed E-state index contributed by atoms with van der Waals surface area (Å²) in [6.45, 7) is 3.83. The number of primary amides is 1. The van der Waals surface area contributed by atoms with Gasteiger partial charge >= 0.3 is 12.0 Å². The fourth-order valence-corrected chi connectivity index (χ4v) is 1.55. The number of carbonyl (C=O) groups is 3. The van der Waals surface area contributed by atoms with Crippen LogP contribution in [0.3, 0.4) is 0 Å². The van der Waals surface area contributed by atoms with Crippen molar-refractivity contribution in [3.05, 3.63) is 29.3 Å². The Kier molecular flexibility index (Phi) is 5.08. The Bertz CT molecular complexity index is 542. The van der Waals surface area contributed by atoms with Crippen molar-refractivity contribution in [1.82, 2.24) is 5.32 Å². The number of hydrogen-bond donors (Lipinski definition) is 4. The van der Waals surface area contributed by atoms with E-state index in [0.717, 1.165) is 11.1 Å². The first kappa shape index (κ1) is 15.5. The molecular weight excluding hydrogens is 262 g/mol. The van der Waals surface area contributed by atoms with E-state index in [2.05, 4.69) is 10.6 Å². The number of benzene rings is 1. The number of rotatable bonds is 5. The minimum Gasteiger partial charge on any atom is -0.480 e. The monoisotopic (exact) mass is 279 g/mol. The SMILES string of the molecule is Cc1ccc(NC(=O)N[C@@H](CC(N)=O)C(=O)O)cc1C. The van der Waals surface area contributed by atoms with Gasteiger partial charge in [-0.05, 0) is 37.1 Å². The summed E-state index contributed by atoms with van der Waals surface area (Å²) in [5.74, 6) is -2.12. The van der Waals surface area contributed by atoms with Crippen LogP contribution in [-0.2, 0) is 9.59 Å². The molecule has 1 aromatic rings. The fraction of sp³-hybridized carbons (Fsp3) is 0.308. The fourth-order valence-electron chi connectivity index (χ4n) is 1.55. The highest BCUT2D eigenvalue weighted by atomic mass is 16.4. The maximum atomic E-state index is 11.7. The average Bonchev–Trinajstić information content (AvgIpc) is 2.32. The number of hydrogen-bond acceptors (Lipinski definition) is 3. The van der Waals surface area contributed by atoms with Crippen LogP contribution in [0.4, 0.5) is 10.5 Å². The van der Waals surface area contributed by atoms with Gasteiger partial charge in [-0.2, -0.15) is 0 Å². The summed E-state index contributed by atoms with van der Waals surface area (Å²) in [4.78, 5) is 33.3. The van der Waals surface area contributed by atoms with Crippen LogP contribution in [-0.4, -0.2) is 29.1 Å². The van der Waals surface area contributed by atoms with Crippen molar-refractivity contribution in [2.24, 2.45) is 5.73 Å². The molecule has 0 saturated heterocycles. The number of carboxylic acids is 1. The third-order valence-corrected chi connectivity index (χ3v) is 2.77. The number of aliphatic carboxylic acids is 1. The van der Waals surface area contributed by atoms with Gasteiger partial charge < -0.3 is 21.5 Å². The van der Waals surface area contributed by atoms with E-state index in [1.165, 1.54) is 0 Å². The summed E-state index contributed by atoms with van der Waals surface area (Å²) in [7, 11) is 0. The second kappa shape index (κ2) is 6.55. The first-order chi connectivity index (χ1) is 9.29. The van der Waals surface area contributed by atoms with Gasteiger partial charge in [-0.25, -0.2) is 9.59 Å². The van der Waals surface area contributed by atoms with Crippen molar-refractivity contribution in [3.8, 4) is 0 Å². The number of anilines is 1. The van der Waals surface area contributed by atoms with Crippen LogP contribution in [0.25, 0.3) is 0 Å². The van der Waals surface area contributed by atoms with Gasteiger partial charge in [0.25, 0.3) is 0 Å². The molecule has 1 aromatic carbocycles. The van der Waals surface area contributed by atoms with Gasteiger partial charge in [-0.15, -0.1) is 0 Å². The zero-order chi connectivity index (χ0) is 15.3. The van der Waals surface area contributed by atoms with Crippen LogP contribution in [0, 0.1) is 13.8 Å². The van der Waals surface area contributed by atoms with Crippen molar-refractivity contribution in [1.29, 1.82) is 0 Å². The molecule has 1 atom stereocenters. The van der Waals surface area contributed by atoms with Gasteiger partial charge in [-0.1, -0.05) is 6.07 Å². The summed E-state index contributed by atoms with van der Waals surface area (Å²) in [6.07, 6.45) is -0.463. The van der Waals surface area contributed by atoms with E-state index >= 15 is 0 Å². The predicted octanol–water partition coefficient (Wildman–Crippen LogP) is 0.754. The van der Waals surface area contributed by atoms with E-state index < -0.39 is 30.4 Å². The third-order valence-electron chi connectivity index (χ3n) is 2.77. The number of aryl methyl sites for hydroxylation is 2. The molecule has 3 amide bonds. The van der Waals surface area contributed by atoms with Crippen molar-refractivity contribution >= 4 is 23.6 Å². The van der Waals surface area contributed by atoms with Crippen LogP contribution >= 0.6 is 0 Å². The summed E-state index contributed by atoms with van der Waals surface area (Å²) in [6, 6.07) is 3.24. The Morgan fingerprint density at radius 3 is 2.40 bits per heavy atom. The lowest BCUT2D eigenvalue weighted by molar-refractivity contribution is -0.140. The van der Waals surface area contributed by atoms with Crippen LogP contribution in [0.15, 0.2) is 18.2 Å². The van der Waals surface area contributed by atoms with E-state index in [-0.39, 0.29) is 0 Å². The van der Waals surface area contributed by atoms with Crippen molar-refractivity contribution in [3.63, 3.8) is 0 Å². The summed E-state index contributed by atoms with van der Waals surface area (Å²) in [5.41, 5.74) is 7.53. The number of amides is 3. The van der Waals surface area contributed by atoms with Crippen LogP contribution in [0.5, 0.6) is 0 Å². The smallest absolute Gasteiger partial charge is 0.326 e. The molecule has 0 unspecified atom stereocenters. The van der Waals surface area contributed by atoms with Gasteiger partial charge in [-0.3, -0.25) is 4.79 Å². The van der Waals surface area contributed by atoms with Crippen molar-refractivity contribution in [2.45, 2.75) is 26.3 Å². The van der Waals surface area contributed by atoms with Gasteiger partial charge in [0.1, 0.15) is 6.04 Å². The lowest BCUT2D eigenvalue weighted by Crippen LogP contribution is -2.45. The summed E-state index contributed by atoms with van der Waals surface area (Å²) < 4.78 is 0. The summed E-state index contributed by atoms with van der Waals surface area (Å²) in [5, 5.41) is 13.6. The van der Waals surface area contributed by atoms with Crippen LogP contribution < -0.4 is 16.4 Å². The topological polar surface area (TPSA) is 122 Å². The molecule has 0 spiro atoms. The molecule has 1 rings (SSSR count). The van der Waals surface area contributed by atoms with Crippen molar-refractivity contribution < 1.29 is 19.5 Å². The largest absolute Gasteiger partial charge is 0.480 e. The van der Waals surface area contributed by atoms with Crippen molar-refractivity contribution in [2.75, 3.05) is 5.32 Å². The van der Waals surface area contributed by atoms with E-state index in [4.69, 9.17) is 10.8 Å². The van der Waals surface area contributed by atoms with Crippen LogP contribution in [0.2, 0.25) is 0 Å². The number of nitrogens with two attached hydrogens (primary N) is 1. The first-order valence-corrected chi connectivity index (χ1v) is 5.95. The normalized spacial score (nSPS) is 11.5. The average molecular weight is 279 g/mol. The van der Waals surface area contributed by atoms with E-state index in [1.807, 2.05) is 19.9 Å². The lowest BCUT2D eigenvalue weighted by atomic mass is 10.1. The van der Waals surface area contributed by atoms with Gasteiger partial charge in [0.15, 0.2) is 0 Å². The zero-order valence-electron chi connectivity index (χ0n) is 11.3. The molecule has 5 N–H and O–H groups in total. The van der Waals surface area contributed by atoms with E-state index in [9.17, 15) is 14.4 Å². The molecular formula is C13H17N3O4. The maximum absolute atomic E-state index is 11.7. The lowest BCUT2D eigenvalue weighted by Gasteiger charge is -2.14. The number of urea groups is 1. The zero-order valence-corrected chi connectivity index (χ0v) is 11.3. The minimum atomic E-state index is -1.35.